The Morgan fingerprint density at radius 3 is 2.67 bits per heavy atom. The molecule has 0 aromatic heterocycles. The zero-order chi connectivity index (χ0) is 10.5. The van der Waals surface area contributed by atoms with Gasteiger partial charge in [0.2, 0.25) is 0 Å². The van der Waals surface area contributed by atoms with Crippen molar-refractivity contribution >= 4 is 0 Å². The van der Waals surface area contributed by atoms with Crippen LogP contribution in [0.2, 0.25) is 0 Å². The summed E-state index contributed by atoms with van der Waals surface area (Å²) >= 11 is 0. The summed E-state index contributed by atoms with van der Waals surface area (Å²) in [6.07, 6.45) is 5.49. The Morgan fingerprint density at radius 1 is 1.20 bits per heavy atom. The number of likely N-dealkylation sites (tertiary alicyclic amines) is 2. The molecule has 2 aliphatic heterocycles. The molecule has 0 spiro atoms. The van der Waals surface area contributed by atoms with E-state index in [1.54, 1.807) is 0 Å². The molecule has 15 heavy (non-hydrogen) atoms. The minimum Gasteiger partial charge on any atom is -0.313 e. The van der Waals surface area contributed by atoms with Crippen molar-refractivity contribution in [1.82, 2.24) is 15.1 Å². The molecule has 0 aliphatic carbocycles. The Kier molecular flexibility index (Phi) is 4.42. The van der Waals surface area contributed by atoms with Gasteiger partial charge < -0.3 is 15.1 Å². The van der Waals surface area contributed by atoms with E-state index in [2.05, 4.69) is 22.2 Å². The topological polar surface area (TPSA) is 18.5 Å². The predicted octanol–water partition coefficient (Wildman–Crippen LogP) is 0.766. The number of likely N-dealkylation sites (N-methyl/N-ethyl adjacent to an activating group) is 1. The minimum absolute atomic E-state index is 0.758. The van der Waals surface area contributed by atoms with Crippen LogP contribution in [-0.2, 0) is 0 Å². The van der Waals surface area contributed by atoms with Crippen LogP contribution < -0.4 is 5.32 Å². The van der Waals surface area contributed by atoms with Crippen LogP contribution in [0.5, 0.6) is 0 Å². The average molecular weight is 211 g/mol. The largest absolute Gasteiger partial charge is 0.313 e. The van der Waals surface area contributed by atoms with Gasteiger partial charge in [-0.2, -0.15) is 0 Å². The molecule has 0 aromatic rings. The molecule has 0 saturated carbocycles. The van der Waals surface area contributed by atoms with E-state index in [9.17, 15) is 0 Å². The normalized spacial score (nSPS) is 29.0. The number of rotatable bonds is 5. The van der Waals surface area contributed by atoms with Crippen LogP contribution in [0.3, 0.4) is 0 Å². The Bertz CT molecular complexity index is 178. The molecule has 2 heterocycles. The fraction of sp³-hybridized carbons (Fsp3) is 1.00. The lowest BCUT2D eigenvalue weighted by Gasteiger charge is -2.16. The van der Waals surface area contributed by atoms with Crippen LogP contribution in [0.1, 0.15) is 25.7 Å². The molecular weight excluding hydrogens is 186 g/mol. The highest BCUT2D eigenvalue weighted by molar-refractivity contribution is 4.78. The zero-order valence-electron chi connectivity index (χ0n) is 10.0. The zero-order valence-corrected chi connectivity index (χ0v) is 10.0. The molecule has 2 saturated heterocycles. The van der Waals surface area contributed by atoms with Gasteiger partial charge in [0.05, 0.1) is 0 Å². The van der Waals surface area contributed by atoms with Gasteiger partial charge in [0, 0.05) is 12.6 Å². The smallest absolute Gasteiger partial charge is 0.0207 e. The van der Waals surface area contributed by atoms with Crippen molar-refractivity contribution in [3.8, 4) is 0 Å². The summed E-state index contributed by atoms with van der Waals surface area (Å²) in [4.78, 5) is 5.01. The van der Waals surface area contributed by atoms with Crippen molar-refractivity contribution < 1.29 is 0 Å². The molecule has 88 valence electrons. The second kappa shape index (κ2) is 5.83. The van der Waals surface area contributed by atoms with Gasteiger partial charge in [-0.1, -0.05) is 0 Å². The van der Waals surface area contributed by atoms with E-state index >= 15 is 0 Å². The summed E-state index contributed by atoms with van der Waals surface area (Å²) in [5.41, 5.74) is 0. The molecule has 0 radical (unpaired) electrons. The lowest BCUT2D eigenvalue weighted by Crippen LogP contribution is -2.33. The maximum absolute atomic E-state index is 3.67. The van der Waals surface area contributed by atoms with Gasteiger partial charge in [0.15, 0.2) is 0 Å². The highest BCUT2D eigenvalue weighted by Gasteiger charge is 2.18. The van der Waals surface area contributed by atoms with Crippen molar-refractivity contribution in [2.45, 2.75) is 31.7 Å². The molecule has 2 rings (SSSR count). The molecule has 1 atom stereocenters. The van der Waals surface area contributed by atoms with E-state index in [-0.39, 0.29) is 0 Å². The molecule has 2 aliphatic rings. The van der Waals surface area contributed by atoms with E-state index in [0.29, 0.717) is 0 Å². The fourth-order valence-corrected chi connectivity index (χ4v) is 2.72. The lowest BCUT2D eigenvalue weighted by molar-refractivity contribution is 0.326. The van der Waals surface area contributed by atoms with E-state index in [4.69, 9.17) is 0 Å². The van der Waals surface area contributed by atoms with Gasteiger partial charge >= 0.3 is 0 Å². The molecule has 0 aromatic carbocycles. The first-order chi connectivity index (χ1) is 7.34. The van der Waals surface area contributed by atoms with Crippen LogP contribution in [0, 0.1) is 0 Å². The van der Waals surface area contributed by atoms with Crippen LogP contribution in [-0.4, -0.2) is 62.2 Å². The van der Waals surface area contributed by atoms with Crippen LogP contribution in [0.15, 0.2) is 0 Å². The highest BCUT2D eigenvalue weighted by atomic mass is 15.2. The number of nitrogens with one attached hydrogen (secondary N) is 1. The highest BCUT2D eigenvalue weighted by Crippen LogP contribution is 2.08. The maximum atomic E-state index is 3.67. The summed E-state index contributed by atoms with van der Waals surface area (Å²) in [6, 6.07) is 0.758. The molecule has 0 bridgehead atoms. The third kappa shape index (κ3) is 3.74. The third-order valence-corrected chi connectivity index (χ3v) is 3.67. The first kappa shape index (κ1) is 11.4. The first-order valence-electron chi connectivity index (χ1n) is 6.49. The van der Waals surface area contributed by atoms with Gasteiger partial charge in [-0.25, -0.2) is 0 Å². The Balaban J connectivity index is 1.48. The summed E-state index contributed by atoms with van der Waals surface area (Å²) in [5.74, 6) is 0. The number of hydrogen-bond acceptors (Lipinski definition) is 3. The van der Waals surface area contributed by atoms with E-state index in [0.717, 1.165) is 6.04 Å². The Morgan fingerprint density at radius 2 is 2.00 bits per heavy atom. The first-order valence-corrected chi connectivity index (χ1v) is 6.49. The third-order valence-electron chi connectivity index (χ3n) is 3.67. The second-order valence-corrected chi connectivity index (χ2v) is 5.10. The summed E-state index contributed by atoms with van der Waals surface area (Å²) in [5, 5.41) is 3.67. The Labute approximate surface area is 93.8 Å². The standard InChI is InChI=1S/C12H25N3/c1-14-10-5-12(11-14)13-6-4-9-15-7-2-3-8-15/h12-13H,2-11H2,1H3. The minimum atomic E-state index is 0.758. The van der Waals surface area contributed by atoms with Crippen molar-refractivity contribution in [3.63, 3.8) is 0 Å². The van der Waals surface area contributed by atoms with E-state index in [1.807, 2.05) is 0 Å². The SMILES string of the molecule is CN1CCC(NCCCN2CCCC2)C1. The van der Waals surface area contributed by atoms with Gasteiger partial charge in [-0.15, -0.1) is 0 Å². The van der Waals surface area contributed by atoms with Crippen molar-refractivity contribution in [1.29, 1.82) is 0 Å². The molecule has 1 N–H and O–H groups in total. The van der Waals surface area contributed by atoms with Crippen molar-refractivity contribution in [2.75, 3.05) is 46.3 Å². The monoisotopic (exact) mass is 211 g/mol. The van der Waals surface area contributed by atoms with Gasteiger partial charge in [0.25, 0.3) is 0 Å². The van der Waals surface area contributed by atoms with Crippen LogP contribution >= 0.6 is 0 Å². The van der Waals surface area contributed by atoms with E-state index < -0.39 is 0 Å². The molecular formula is C12H25N3. The molecule has 0 amide bonds. The number of hydrogen-bond donors (Lipinski definition) is 1. The molecule has 1 unspecified atom stereocenters. The van der Waals surface area contributed by atoms with Crippen molar-refractivity contribution in [3.05, 3.63) is 0 Å². The van der Waals surface area contributed by atoms with Crippen molar-refractivity contribution in [2.24, 2.45) is 0 Å². The van der Waals surface area contributed by atoms with Gasteiger partial charge in [-0.05, 0) is 65.5 Å². The lowest BCUT2D eigenvalue weighted by atomic mass is 10.2. The van der Waals surface area contributed by atoms with E-state index in [1.165, 1.54) is 65.0 Å². The summed E-state index contributed by atoms with van der Waals surface area (Å²) in [6.45, 7) is 7.69. The summed E-state index contributed by atoms with van der Waals surface area (Å²) < 4.78 is 0. The molecule has 3 heteroatoms. The summed E-state index contributed by atoms with van der Waals surface area (Å²) in [7, 11) is 2.21. The second-order valence-electron chi connectivity index (χ2n) is 5.10. The Hall–Kier alpha value is -0.120. The van der Waals surface area contributed by atoms with Gasteiger partial charge in [0.1, 0.15) is 0 Å². The average Bonchev–Trinajstić information content (AvgIpc) is 2.84. The van der Waals surface area contributed by atoms with Crippen LogP contribution in [0.4, 0.5) is 0 Å². The van der Waals surface area contributed by atoms with Crippen LogP contribution in [0.25, 0.3) is 0 Å². The predicted molar refractivity (Wildman–Crippen MR) is 64.2 cm³/mol. The van der Waals surface area contributed by atoms with Gasteiger partial charge in [-0.3, -0.25) is 0 Å². The fourth-order valence-electron chi connectivity index (χ4n) is 2.72. The number of nitrogens with zero attached hydrogens (tertiary/aromatic N) is 2. The quantitative estimate of drug-likeness (QED) is 0.678. The maximum Gasteiger partial charge on any atom is 0.0207 e. The molecule has 2 fully saturated rings. The molecule has 3 nitrogen and oxygen atoms in total.